The Morgan fingerprint density at radius 3 is 2.61 bits per heavy atom. The van der Waals surface area contributed by atoms with Crippen LogP contribution in [0.25, 0.3) is 11.3 Å². The summed E-state index contributed by atoms with van der Waals surface area (Å²) in [4.78, 5) is 22.1. The van der Waals surface area contributed by atoms with Crippen LogP contribution in [-0.2, 0) is 0 Å². The quantitative estimate of drug-likeness (QED) is 0.848. The minimum Gasteiger partial charge on any atom is -0.357 e. The molecule has 2 saturated heterocycles. The molecule has 0 spiro atoms. The summed E-state index contributed by atoms with van der Waals surface area (Å²) in [5, 5.41) is 6.47. The molecule has 0 aliphatic carbocycles. The van der Waals surface area contributed by atoms with Gasteiger partial charge in [-0.3, -0.25) is 4.79 Å². The first-order valence-corrected chi connectivity index (χ1v) is 8.19. The predicted molar refractivity (Wildman–Crippen MR) is 96.9 cm³/mol. The average molecular weight is 375 g/mol. The Morgan fingerprint density at radius 2 is 2.00 bits per heavy atom. The van der Waals surface area contributed by atoms with Gasteiger partial charge in [0.25, 0.3) is 5.91 Å². The van der Waals surface area contributed by atoms with Crippen molar-refractivity contribution in [2.45, 2.75) is 6.92 Å². The molecule has 2 atom stereocenters. The van der Waals surface area contributed by atoms with Gasteiger partial charge in [0, 0.05) is 43.3 Å². The molecular formula is C15H20Cl2N4OS. The molecule has 8 heteroatoms. The van der Waals surface area contributed by atoms with E-state index in [1.807, 2.05) is 29.5 Å². The largest absolute Gasteiger partial charge is 0.357 e. The minimum atomic E-state index is 0. The summed E-state index contributed by atoms with van der Waals surface area (Å²) in [5.74, 6) is 1.37. The molecule has 2 aromatic heterocycles. The fourth-order valence-corrected chi connectivity index (χ4v) is 3.98. The van der Waals surface area contributed by atoms with Gasteiger partial charge in [-0.25, -0.2) is 4.98 Å². The topological polar surface area (TPSA) is 61.0 Å². The number of aromatic amines is 1. The summed E-state index contributed by atoms with van der Waals surface area (Å²) < 4.78 is 0. The standard InChI is InChI=1S/C15H18N4OS.2ClH/c1-9-18-14(8-21-9)10-2-13(17-5-10)15(20)19-6-11-3-16-4-12(11)7-19;;/h2,5,8,11-12,16-17H,3-4,6-7H2,1H3;2*1H/t11-,12+;;. The van der Waals surface area contributed by atoms with Gasteiger partial charge >= 0.3 is 0 Å². The van der Waals surface area contributed by atoms with Crippen molar-refractivity contribution < 1.29 is 4.79 Å². The van der Waals surface area contributed by atoms with Crippen molar-refractivity contribution >= 4 is 42.1 Å². The van der Waals surface area contributed by atoms with Gasteiger partial charge in [-0.1, -0.05) is 0 Å². The van der Waals surface area contributed by atoms with Crippen LogP contribution in [-0.4, -0.2) is 47.0 Å². The van der Waals surface area contributed by atoms with Gasteiger partial charge in [0.05, 0.1) is 10.7 Å². The number of hydrogen-bond acceptors (Lipinski definition) is 4. The van der Waals surface area contributed by atoms with Gasteiger partial charge < -0.3 is 15.2 Å². The Balaban J connectivity index is 0.000000960. The highest BCUT2D eigenvalue weighted by molar-refractivity contribution is 7.09. The first kappa shape index (κ1) is 18.3. The summed E-state index contributed by atoms with van der Waals surface area (Å²) in [6, 6.07) is 1.92. The van der Waals surface area contributed by atoms with E-state index in [1.54, 1.807) is 11.3 Å². The number of amides is 1. The zero-order valence-electron chi connectivity index (χ0n) is 12.7. The molecule has 0 unspecified atom stereocenters. The Hall–Kier alpha value is -1.08. The molecule has 23 heavy (non-hydrogen) atoms. The maximum Gasteiger partial charge on any atom is 0.270 e. The number of likely N-dealkylation sites (tertiary alicyclic amines) is 1. The van der Waals surface area contributed by atoms with E-state index in [2.05, 4.69) is 15.3 Å². The lowest BCUT2D eigenvalue weighted by atomic mass is 10.0. The number of carbonyl (C=O) groups is 1. The number of hydrogen-bond donors (Lipinski definition) is 2. The maximum absolute atomic E-state index is 12.6. The van der Waals surface area contributed by atoms with Crippen LogP contribution in [0.4, 0.5) is 0 Å². The number of thiazole rings is 1. The normalized spacial score (nSPS) is 22.4. The Kier molecular flexibility index (Phi) is 5.73. The summed E-state index contributed by atoms with van der Waals surface area (Å²) >= 11 is 1.63. The van der Waals surface area contributed by atoms with Crippen LogP contribution in [0.1, 0.15) is 15.5 Å². The van der Waals surface area contributed by atoms with E-state index >= 15 is 0 Å². The number of aryl methyl sites for hydroxylation is 1. The van der Waals surface area contributed by atoms with E-state index in [1.165, 1.54) is 0 Å². The van der Waals surface area contributed by atoms with Crippen LogP contribution >= 0.6 is 36.2 Å². The highest BCUT2D eigenvalue weighted by Crippen LogP contribution is 2.28. The molecule has 2 aliphatic rings. The highest BCUT2D eigenvalue weighted by Gasteiger charge is 2.38. The minimum absolute atomic E-state index is 0. The van der Waals surface area contributed by atoms with Crippen molar-refractivity contribution in [3.8, 4) is 11.3 Å². The third-order valence-corrected chi connectivity index (χ3v) is 5.28. The molecule has 2 N–H and O–H groups in total. The van der Waals surface area contributed by atoms with Crippen molar-refractivity contribution in [1.82, 2.24) is 20.2 Å². The van der Waals surface area contributed by atoms with Crippen molar-refractivity contribution in [1.29, 1.82) is 0 Å². The smallest absolute Gasteiger partial charge is 0.270 e. The molecule has 4 heterocycles. The molecule has 2 fully saturated rings. The van der Waals surface area contributed by atoms with E-state index in [-0.39, 0.29) is 30.7 Å². The number of carbonyl (C=O) groups excluding carboxylic acids is 1. The first-order chi connectivity index (χ1) is 10.2. The number of H-pyrrole nitrogens is 1. The Labute approximate surface area is 151 Å². The number of nitrogens with one attached hydrogen (secondary N) is 2. The molecule has 5 nitrogen and oxygen atoms in total. The Morgan fingerprint density at radius 1 is 1.30 bits per heavy atom. The Bertz CT molecular complexity index is 675. The van der Waals surface area contributed by atoms with Crippen LogP contribution < -0.4 is 5.32 Å². The van der Waals surface area contributed by atoms with Gasteiger partial charge in [0.2, 0.25) is 0 Å². The number of aromatic nitrogens is 2. The molecule has 0 saturated carbocycles. The summed E-state index contributed by atoms with van der Waals surface area (Å²) in [6.45, 7) is 5.83. The van der Waals surface area contributed by atoms with Crippen molar-refractivity contribution in [2.75, 3.05) is 26.2 Å². The molecule has 2 aliphatic heterocycles. The van der Waals surface area contributed by atoms with E-state index in [0.717, 1.165) is 42.4 Å². The molecular weight excluding hydrogens is 355 g/mol. The SMILES string of the molecule is Cc1nc(-c2c[nH]c(C(=O)N3C[C@H]4CNC[C@H]4C3)c2)cs1.Cl.Cl. The van der Waals surface area contributed by atoms with E-state index < -0.39 is 0 Å². The number of fused-ring (bicyclic) bond motifs is 1. The van der Waals surface area contributed by atoms with E-state index in [4.69, 9.17) is 0 Å². The lowest BCUT2D eigenvalue weighted by Crippen LogP contribution is -2.32. The predicted octanol–water partition coefficient (Wildman–Crippen LogP) is 2.58. The second kappa shape index (κ2) is 7.21. The van der Waals surface area contributed by atoms with Crippen LogP contribution in [0.3, 0.4) is 0 Å². The third kappa shape index (κ3) is 3.40. The molecule has 2 aromatic rings. The molecule has 0 radical (unpaired) electrons. The molecule has 0 aromatic carbocycles. The lowest BCUT2D eigenvalue weighted by molar-refractivity contribution is 0.0776. The second-order valence-corrected chi connectivity index (χ2v) is 7.00. The average Bonchev–Trinajstić information content (AvgIpc) is 3.20. The van der Waals surface area contributed by atoms with Gasteiger partial charge in [-0.2, -0.15) is 0 Å². The van der Waals surface area contributed by atoms with Crippen LogP contribution in [0, 0.1) is 18.8 Å². The van der Waals surface area contributed by atoms with Crippen molar-refractivity contribution in [2.24, 2.45) is 11.8 Å². The van der Waals surface area contributed by atoms with Gasteiger partial charge in [0.1, 0.15) is 5.69 Å². The zero-order valence-corrected chi connectivity index (χ0v) is 15.2. The maximum atomic E-state index is 12.6. The lowest BCUT2D eigenvalue weighted by Gasteiger charge is -2.16. The molecule has 1 amide bonds. The van der Waals surface area contributed by atoms with E-state index in [9.17, 15) is 4.79 Å². The fraction of sp³-hybridized carbons (Fsp3) is 0.467. The number of rotatable bonds is 2. The number of halogens is 2. The monoisotopic (exact) mass is 374 g/mol. The van der Waals surface area contributed by atoms with Crippen LogP contribution in [0.15, 0.2) is 17.6 Å². The van der Waals surface area contributed by atoms with Crippen molar-refractivity contribution in [3.63, 3.8) is 0 Å². The molecule has 126 valence electrons. The van der Waals surface area contributed by atoms with Crippen LogP contribution in [0.2, 0.25) is 0 Å². The summed E-state index contributed by atoms with van der Waals surface area (Å²) in [6.07, 6.45) is 1.88. The van der Waals surface area contributed by atoms with Gasteiger partial charge in [0.15, 0.2) is 0 Å². The number of nitrogens with zero attached hydrogens (tertiary/aromatic N) is 2. The first-order valence-electron chi connectivity index (χ1n) is 7.31. The van der Waals surface area contributed by atoms with E-state index in [0.29, 0.717) is 17.5 Å². The zero-order chi connectivity index (χ0) is 14.4. The molecule has 0 bridgehead atoms. The fourth-order valence-electron chi connectivity index (χ4n) is 3.35. The summed E-state index contributed by atoms with van der Waals surface area (Å²) in [5.41, 5.74) is 2.60. The van der Waals surface area contributed by atoms with Crippen LogP contribution in [0.5, 0.6) is 0 Å². The third-order valence-electron chi connectivity index (χ3n) is 4.50. The van der Waals surface area contributed by atoms with Crippen molar-refractivity contribution in [3.05, 3.63) is 28.3 Å². The van der Waals surface area contributed by atoms with Gasteiger partial charge in [-0.05, 0) is 24.8 Å². The molecule has 4 rings (SSSR count). The van der Waals surface area contributed by atoms with Gasteiger partial charge in [-0.15, -0.1) is 36.2 Å². The highest BCUT2D eigenvalue weighted by atomic mass is 35.5. The summed E-state index contributed by atoms with van der Waals surface area (Å²) in [7, 11) is 0. The second-order valence-electron chi connectivity index (χ2n) is 5.94.